The lowest BCUT2D eigenvalue weighted by Gasteiger charge is -2.35. The Labute approximate surface area is 113 Å². The van der Waals surface area contributed by atoms with Gasteiger partial charge in [-0.2, -0.15) is 0 Å². The Balaban J connectivity index is 1.86. The van der Waals surface area contributed by atoms with Crippen LogP contribution >= 0.6 is 0 Å². The second-order valence-electron chi connectivity index (χ2n) is 5.65. The maximum atomic E-state index is 5.95. The van der Waals surface area contributed by atoms with E-state index in [1.807, 2.05) is 0 Å². The van der Waals surface area contributed by atoms with Crippen LogP contribution in [0, 0.1) is 0 Å². The number of likely N-dealkylation sites (N-methyl/N-ethyl adjacent to an activating group) is 1. The van der Waals surface area contributed by atoms with Gasteiger partial charge >= 0.3 is 0 Å². The summed E-state index contributed by atoms with van der Waals surface area (Å²) in [5.74, 6) is 2.24. The Morgan fingerprint density at radius 2 is 2.16 bits per heavy atom. The summed E-state index contributed by atoms with van der Waals surface area (Å²) in [7, 11) is 2.21. The van der Waals surface area contributed by atoms with E-state index in [4.69, 9.17) is 9.47 Å². The zero-order valence-corrected chi connectivity index (χ0v) is 11.4. The highest BCUT2D eigenvalue weighted by Gasteiger charge is 2.33. The van der Waals surface area contributed by atoms with Crippen LogP contribution in [0.5, 0.6) is 11.5 Å². The Hall–Kier alpha value is -1.26. The summed E-state index contributed by atoms with van der Waals surface area (Å²) in [6.45, 7) is 4.79. The van der Waals surface area contributed by atoms with Gasteiger partial charge in [-0.25, -0.2) is 0 Å². The molecular formula is C15H20N2O2. The first-order chi connectivity index (χ1) is 9.34. The lowest BCUT2D eigenvalue weighted by atomic mass is 9.92. The molecule has 3 aliphatic heterocycles. The molecule has 0 saturated carbocycles. The van der Waals surface area contributed by atoms with Gasteiger partial charge in [0.2, 0.25) is 0 Å². The molecular weight excluding hydrogens is 240 g/mol. The van der Waals surface area contributed by atoms with E-state index in [1.165, 1.54) is 16.7 Å². The average molecular weight is 260 g/mol. The summed E-state index contributed by atoms with van der Waals surface area (Å²) in [5, 5.41) is 3.51. The minimum absolute atomic E-state index is 0.414. The van der Waals surface area contributed by atoms with Crippen molar-refractivity contribution >= 4 is 0 Å². The molecule has 0 aromatic heterocycles. The highest BCUT2D eigenvalue weighted by Crippen LogP contribution is 2.44. The number of benzene rings is 1. The van der Waals surface area contributed by atoms with E-state index >= 15 is 0 Å². The average Bonchev–Trinajstić information content (AvgIpc) is 3.04. The molecule has 4 rings (SSSR count). The lowest BCUT2D eigenvalue weighted by Crippen LogP contribution is -2.44. The molecule has 0 bridgehead atoms. The lowest BCUT2D eigenvalue weighted by molar-refractivity contribution is 0.197. The van der Waals surface area contributed by atoms with Gasteiger partial charge in [0.25, 0.3) is 0 Å². The summed E-state index contributed by atoms with van der Waals surface area (Å²) in [6.07, 6.45) is 2.04. The van der Waals surface area contributed by atoms with Crippen molar-refractivity contribution in [1.29, 1.82) is 0 Å². The summed E-state index contributed by atoms with van der Waals surface area (Å²) >= 11 is 0. The number of rotatable bonds is 1. The Morgan fingerprint density at radius 1 is 1.26 bits per heavy atom. The van der Waals surface area contributed by atoms with Crippen LogP contribution in [0.15, 0.2) is 6.07 Å². The number of fused-ring (bicyclic) bond motifs is 2. The fraction of sp³-hybridized carbons (Fsp3) is 0.600. The Bertz CT molecular complexity index is 483. The first-order valence-electron chi connectivity index (χ1n) is 7.20. The number of nitrogens with one attached hydrogen (secondary N) is 1. The van der Waals surface area contributed by atoms with Crippen LogP contribution in [-0.4, -0.2) is 44.8 Å². The molecule has 3 aliphatic rings. The molecule has 0 aliphatic carbocycles. The van der Waals surface area contributed by atoms with Crippen molar-refractivity contribution in [3.8, 4) is 11.5 Å². The molecule has 3 heterocycles. The predicted molar refractivity (Wildman–Crippen MR) is 73.1 cm³/mol. The van der Waals surface area contributed by atoms with E-state index in [9.17, 15) is 0 Å². The molecule has 1 aromatic rings. The number of nitrogens with zero attached hydrogens (tertiary/aromatic N) is 1. The van der Waals surface area contributed by atoms with Gasteiger partial charge in [0.15, 0.2) is 0 Å². The number of hydrogen-bond donors (Lipinski definition) is 1. The van der Waals surface area contributed by atoms with E-state index in [0.717, 1.165) is 57.2 Å². The number of hydrogen-bond acceptors (Lipinski definition) is 4. The van der Waals surface area contributed by atoms with E-state index in [1.54, 1.807) is 0 Å². The summed E-state index contributed by atoms with van der Waals surface area (Å²) in [4.78, 5) is 2.44. The molecule has 1 atom stereocenters. The fourth-order valence-corrected chi connectivity index (χ4v) is 3.50. The van der Waals surface area contributed by atoms with Crippen molar-refractivity contribution in [3.63, 3.8) is 0 Å². The van der Waals surface area contributed by atoms with Crippen molar-refractivity contribution in [2.24, 2.45) is 0 Å². The maximum absolute atomic E-state index is 5.95. The first kappa shape index (κ1) is 11.6. The van der Waals surface area contributed by atoms with Gasteiger partial charge in [0.05, 0.1) is 19.3 Å². The normalized spacial score (nSPS) is 25.6. The number of piperazine rings is 1. The first-order valence-corrected chi connectivity index (χ1v) is 7.20. The topological polar surface area (TPSA) is 33.7 Å². The van der Waals surface area contributed by atoms with Crippen LogP contribution in [0.3, 0.4) is 0 Å². The largest absolute Gasteiger partial charge is 0.493 e. The SMILES string of the molecule is CN1CCNCC1c1c2c(cc3c1OCC3)OCC2. The van der Waals surface area contributed by atoms with E-state index < -0.39 is 0 Å². The van der Waals surface area contributed by atoms with Crippen LogP contribution in [0.1, 0.15) is 22.7 Å². The van der Waals surface area contributed by atoms with E-state index in [2.05, 4.69) is 23.3 Å². The van der Waals surface area contributed by atoms with Crippen molar-refractivity contribution in [2.45, 2.75) is 18.9 Å². The van der Waals surface area contributed by atoms with Gasteiger partial charge in [-0.1, -0.05) is 0 Å². The third-order valence-corrected chi connectivity index (χ3v) is 4.54. The van der Waals surface area contributed by atoms with E-state index in [0.29, 0.717) is 6.04 Å². The van der Waals surface area contributed by atoms with Crippen molar-refractivity contribution in [2.75, 3.05) is 39.9 Å². The highest BCUT2D eigenvalue weighted by molar-refractivity contribution is 5.58. The Kier molecular flexibility index (Phi) is 2.67. The molecule has 19 heavy (non-hydrogen) atoms. The van der Waals surface area contributed by atoms with Crippen LogP contribution in [-0.2, 0) is 12.8 Å². The molecule has 1 N–H and O–H groups in total. The fourth-order valence-electron chi connectivity index (χ4n) is 3.50. The second kappa shape index (κ2) is 4.39. The van der Waals surface area contributed by atoms with Gasteiger partial charge in [0, 0.05) is 49.2 Å². The minimum Gasteiger partial charge on any atom is -0.493 e. The van der Waals surface area contributed by atoms with Crippen molar-refractivity contribution in [1.82, 2.24) is 10.2 Å². The highest BCUT2D eigenvalue weighted by atomic mass is 16.5. The van der Waals surface area contributed by atoms with Gasteiger partial charge in [-0.15, -0.1) is 0 Å². The van der Waals surface area contributed by atoms with E-state index in [-0.39, 0.29) is 0 Å². The molecule has 0 radical (unpaired) electrons. The molecule has 0 amide bonds. The quantitative estimate of drug-likeness (QED) is 0.821. The second-order valence-corrected chi connectivity index (χ2v) is 5.65. The minimum atomic E-state index is 0.414. The van der Waals surface area contributed by atoms with Gasteiger partial charge < -0.3 is 14.8 Å². The monoisotopic (exact) mass is 260 g/mol. The van der Waals surface area contributed by atoms with Crippen molar-refractivity contribution < 1.29 is 9.47 Å². The van der Waals surface area contributed by atoms with Gasteiger partial charge in [-0.3, -0.25) is 4.90 Å². The van der Waals surface area contributed by atoms with Gasteiger partial charge in [0.1, 0.15) is 11.5 Å². The summed E-state index contributed by atoms with van der Waals surface area (Å²) in [6, 6.07) is 2.61. The maximum Gasteiger partial charge on any atom is 0.128 e. The predicted octanol–water partition coefficient (Wildman–Crippen LogP) is 1.13. The van der Waals surface area contributed by atoms with Crippen molar-refractivity contribution in [3.05, 3.63) is 22.8 Å². The third-order valence-electron chi connectivity index (χ3n) is 4.54. The molecule has 4 nitrogen and oxygen atoms in total. The molecule has 1 saturated heterocycles. The standard InChI is InChI=1S/C15H20N2O2/c1-17-5-4-16-9-12(17)14-11-3-7-18-13(11)8-10-2-6-19-15(10)14/h8,12,16H,2-7,9H2,1H3. The smallest absolute Gasteiger partial charge is 0.128 e. The van der Waals surface area contributed by atoms with Crippen LogP contribution in [0.25, 0.3) is 0 Å². The number of ether oxygens (including phenoxy) is 2. The zero-order chi connectivity index (χ0) is 12.8. The Morgan fingerprint density at radius 3 is 3.05 bits per heavy atom. The zero-order valence-electron chi connectivity index (χ0n) is 11.4. The summed E-state index contributed by atoms with van der Waals surface area (Å²) in [5.41, 5.74) is 4.09. The molecule has 4 heteroatoms. The third kappa shape index (κ3) is 1.74. The molecule has 1 unspecified atom stereocenters. The van der Waals surface area contributed by atoms with Crippen LogP contribution < -0.4 is 14.8 Å². The molecule has 0 spiro atoms. The molecule has 102 valence electrons. The molecule has 1 fully saturated rings. The molecule has 1 aromatic carbocycles. The van der Waals surface area contributed by atoms with Crippen LogP contribution in [0.4, 0.5) is 0 Å². The summed E-state index contributed by atoms with van der Waals surface area (Å²) < 4.78 is 11.7. The van der Waals surface area contributed by atoms with Crippen LogP contribution in [0.2, 0.25) is 0 Å². The van der Waals surface area contributed by atoms with Gasteiger partial charge in [-0.05, 0) is 13.1 Å².